The first kappa shape index (κ1) is 16.5. The maximum absolute atomic E-state index is 12.0. The van der Waals surface area contributed by atoms with Gasteiger partial charge in [-0.3, -0.25) is 0 Å². The molecule has 2 rings (SSSR count). The number of hydrogen-bond donors (Lipinski definition) is 1. The summed E-state index contributed by atoms with van der Waals surface area (Å²) in [6.07, 6.45) is 1.36. The van der Waals surface area contributed by atoms with E-state index in [0.717, 1.165) is 5.56 Å². The summed E-state index contributed by atoms with van der Waals surface area (Å²) in [5, 5.41) is 3.36. The number of benzene rings is 1. The van der Waals surface area contributed by atoms with Crippen molar-refractivity contribution in [3.8, 4) is 0 Å². The van der Waals surface area contributed by atoms with Crippen LogP contribution in [0, 0.1) is 6.92 Å². The number of furan rings is 1. The van der Waals surface area contributed by atoms with Gasteiger partial charge in [-0.2, -0.15) is 0 Å². The molecule has 0 radical (unpaired) electrons. The largest absolute Gasteiger partial charge is 0.462 e. The van der Waals surface area contributed by atoms with Gasteiger partial charge in [-0.1, -0.05) is 23.8 Å². The molecular formula is C16H16ClNO3S. The van der Waals surface area contributed by atoms with Crippen LogP contribution in [0.25, 0.3) is 0 Å². The molecule has 0 bridgehead atoms. The molecule has 0 atom stereocenters. The lowest BCUT2D eigenvalue weighted by molar-refractivity contribution is 0.0378. The maximum atomic E-state index is 12.0. The van der Waals surface area contributed by atoms with Gasteiger partial charge in [0, 0.05) is 5.69 Å². The van der Waals surface area contributed by atoms with E-state index in [1.54, 1.807) is 38.3 Å². The summed E-state index contributed by atoms with van der Waals surface area (Å²) >= 11 is 11.4. The van der Waals surface area contributed by atoms with Crippen LogP contribution in [-0.4, -0.2) is 17.1 Å². The molecule has 0 saturated carbocycles. The Labute approximate surface area is 139 Å². The smallest absolute Gasteiger partial charge is 0.339 e. The van der Waals surface area contributed by atoms with E-state index in [2.05, 4.69) is 5.32 Å². The van der Waals surface area contributed by atoms with Crippen molar-refractivity contribution in [1.29, 1.82) is 0 Å². The molecule has 1 heterocycles. The molecule has 0 fully saturated rings. The minimum absolute atomic E-state index is 0.216. The molecule has 0 unspecified atom stereocenters. The van der Waals surface area contributed by atoms with Gasteiger partial charge in [-0.15, -0.1) is 0 Å². The van der Waals surface area contributed by atoms with E-state index in [9.17, 15) is 4.79 Å². The van der Waals surface area contributed by atoms with Crippen LogP contribution in [0.4, 0.5) is 5.69 Å². The Bertz CT molecular complexity index is 709. The minimum Gasteiger partial charge on any atom is -0.462 e. The van der Waals surface area contributed by atoms with Gasteiger partial charge < -0.3 is 14.5 Å². The SMILES string of the molecule is Cc1ccoc1C(=S)Nc1ccc(Cl)c(C(=O)OC(C)C)c1. The van der Waals surface area contributed by atoms with Crippen LogP contribution >= 0.6 is 23.8 Å². The summed E-state index contributed by atoms with van der Waals surface area (Å²) in [5.74, 6) is 0.125. The third-order valence-corrected chi connectivity index (χ3v) is 3.47. The van der Waals surface area contributed by atoms with Crippen LogP contribution in [0.3, 0.4) is 0 Å². The van der Waals surface area contributed by atoms with E-state index in [1.165, 1.54) is 0 Å². The van der Waals surface area contributed by atoms with Crippen molar-refractivity contribution in [2.45, 2.75) is 26.9 Å². The molecule has 22 heavy (non-hydrogen) atoms. The van der Waals surface area contributed by atoms with Gasteiger partial charge in [0.1, 0.15) is 4.99 Å². The fraction of sp³-hybridized carbons (Fsp3) is 0.250. The second kappa shape index (κ2) is 6.94. The molecule has 0 spiro atoms. The predicted octanol–water partition coefficient (Wildman–Crippen LogP) is 4.59. The molecule has 1 aromatic heterocycles. The average Bonchev–Trinajstić information content (AvgIpc) is 2.86. The first-order chi connectivity index (χ1) is 10.4. The summed E-state index contributed by atoms with van der Waals surface area (Å²) in [7, 11) is 0. The lowest BCUT2D eigenvalue weighted by atomic mass is 10.2. The van der Waals surface area contributed by atoms with Crippen molar-refractivity contribution < 1.29 is 13.9 Å². The average molecular weight is 338 g/mol. The summed E-state index contributed by atoms with van der Waals surface area (Å²) < 4.78 is 10.5. The summed E-state index contributed by atoms with van der Waals surface area (Å²) in [6, 6.07) is 6.80. The van der Waals surface area contributed by atoms with Gasteiger partial charge in [0.25, 0.3) is 0 Å². The van der Waals surface area contributed by atoms with Gasteiger partial charge in [-0.05, 0) is 50.6 Å². The molecule has 1 N–H and O–H groups in total. The van der Waals surface area contributed by atoms with Gasteiger partial charge in [-0.25, -0.2) is 4.79 Å². The quantitative estimate of drug-likeness (QED) is 0.653. The molecule has 1 aromatic carbocycles. The number of halogens is 1. The summed E-state index contributed by atoms with van der Waals surface area (Å²) in [6.45, 7) is 5.46. The second-order valence-electron chi connectivity index (χ2n) is 5.04. The molecule has 0 aliphatic carbocycles. The number of aryl methyl sites for hydroxylation is 1. The number of anilines is 1. The second-order valence-corrected chi connectivity index (χ2v) is 5.85. The van der Waals surface area contributed by atoms with Gasteiger partial charge >= 0.3 is 5.97 Å². The molecule has 2 aromatic rings. The van der Waals surface area contributed by atoms with Crippen molar-refractivity contribution in [1.82, 2.24) is 0 Å². The predicted molar refractivity (Wildman–Crippen MR) is 90.8 cm³/mol. The van der Waals surface area contributed by atoms with Crippen LogP contribution in [0.1, 0.15) is 35.5 Å². The van der Waals surface area contributed by atoms with Crippen molar-refractivity contribution >= 4 is 40.5 Å². The van der Waals surface area contributed by atoms with Crippen LogP contribution in [-0.2, 0) is 4.74 Å². The highest BCUT2D eigenvalue weighted by molar-refractivity contribution is 7.81. The lowest BCUT2D eigenvalue weighted by Crippen LogP contribution is -2.14. The van der Waals surface area contributed by atoms with Crippen molar-refractivity contribution in [3.63, 3.8) is 0 Å². The molecule has 4 nitrogen and oxygen atoms in total. The zero-order chi connectivity index (χ0) is 16.3. The lowest BCUT2D eigenvalue weighted by Gasteiger charge is -2.12. The topological polar surface area (TPSA) is 51.5 Å². The minimum atomic E-state index is -0.469. The monoisotopic (exact) mass is 337 g/mol. The Balaban J connectivity index is 2.21. The Morgan fingerprint density at radius 3 is 2.68 bits per heavy atom. The number of esters is 1. The van der Waals surface area contributed by atoms with Gasteiger partial charge in [0.15, 0.2) is 5.76 Å². The fourth-order valence-electron chi connectivity index (χ4n) is 1.83. The fourth-order valence-corrected chi connectivity index (χ4v) is 2.35. The highest BCUT2D eigenvalue weighted by Crippen LogP contribution is 2.23. The standard InChI is InChI=1S/C16H16ClNO3S/c1-9(2)21-16(19)12-8-11(4-5-13(12)17)18-15(22)14-10(3)6-7-20-14/h4-9H,1-3H3,(H,18,22). The van der Waals surface area contributed by atoms with Gasteiger partial charge in [0.2, 0.25) is 0 Å². The normalized spacial score (nSPS) is 10.6. The number of carbonyl (C=O) groups excluding carboxylic acids is 1. The van der Waals surface area contributed by atoms with Crippen molar-refractivity contribution in [2.75, 3.05) is 5.32 Å². The first-order valence-corrected chi connectivity index (χ1v) is 7.53. The molecule has 0 aliphatic rings. The first-order valence-electron chi connectivity index (χ1n) is 6.74. The zero-order valence-electron chi connectivity index (χ0n) is 12.5. The number of hydrogen-bond acceptors (Lipinski definition) is 4. The van der Waals surface area contributed by atoms with Crippen LogP contribution in [0.5, 0.6) is 0 Å². The number of carbonyl (C=O) groups is 1. The molecule has 0 amide bonds. The molecule has 6 heteroatoms. The van der Waals surface area contributed by atoms with Crippen LogP contribution in [0.2, 0.25) is 5.02 Å². The van der Waals surface area contributed by atoms with E-state index < -0.39 is 5.97 Å². The molecule has 0 aliphatic heterocycles. The zero-order valence-corrected chi connectivity index (χ0v) is 14.0. The third-order valence-electron chi connectivity index (χ3n) is 2.86. The van der Waals surface area contributed by atoms with E-state index >= 15 is 0 Å². The highest BCUT2D eigenvalue weighted by atomic mass is 35.5. The third kappa shape index (κ3) is 3.87. The van der Waals surface area contributed by atoms with Crippen molar-refractivity contribution in [2.24, 2.45) is 0 Å². The van der Waals surface area contributed by atoms with Crippen LogP contribution in [0.15, 0.2) is 34.9 Å². The highest BCUT2D eigenvalue weighted by Gasteiger charge is 2.15. The number of ether oxygens (including phenoxy) is 1. The number of rotatable bonds is 4. The molecule has 116 valence electrons. The summed E-state index contributed by atoms with van der Waals surface area (Å²) in [4.78, 5) is 12.4. The van der Waals surface area contributed by atoms with Crippen LogP contribution < -0.4 is 5.32 Å². The summed E-state index contributed by atoms with van der Waals surface area (Å²) in [5.41, 5.74) is 1.87. The Morgan fingerprint density at radius 2 is 2.09 bits per heavy atom. The van der Waals surface area contributed by atoms with E-state index in [1.807, 2.05) is 13.0 Å². The Morgan fingerprint density at radius 1 is 1.36 bits per heavy atom. The maximum Gasteiger partial charge on any atom is 0.339 e. The molecular weight excluding hydrogens is 322 g/mol. The van der Waals surface area contributed by atoms with E-state index in [4.69, 9.17) is 33.0 Å². The number of nitrogens with one attached hydrogen (secondary N) is 1. The number of thiocarbonyl (C=S) groups is 1. The van der Waals surface area contributed by atoms with Gasteiger partial charge in [0.05, 0.1) is 23.0 Å². The van der Waals surface area contributed by atoms with E-state index in [-0.39, 0.29) is 6.10 Å². The Kier molecular flexibility index (Phi) is 5.21. The molecule has 0 saturated heterocycles. The van der Waals surface area contributed by atoms with Crippen molar-refractivity contribution in [3.05, 3.63) is 52.4 Å². The Hall–Kier alpha value is -1.85. The van der Waals surface area contributed by atoms with E-state index in [0.29, 0.717) is 27.0 Å².